The van der Waals surface area contributed by atoms with Crippen molar-refractivity contribution in [2.75, 3.05) is 0 Å². The zero-order chi connectivity index (χ0) is 40.6. The van der Waals surface area contributed by atoms with Crippen LogP contribution in [-0.4, -0.2) is 84.0 Å². The van der Waals surface area contributed by atoms with Gasteiger partial charge in [-0.2, -0.15) is 0 Å². The van der Waals surface area contributed by atoms with Gasteiger partial charge in [0.15, 0.2) is 0 Å². The van der Waals surface area contributed by atoms with Crippen LogP contribution in [0.25, 0.3) is 0 Å². The van der Waals surface area contributed by atoms with Crippen LogP contribution in [0.3, 0.4) is 0 Å². The lowest BCUT2D eigenvalue weighted by atomic mass is 10.3. The molecule has 1 aliphatic heterocycles. The Balaban J connectivity index is 2.89. The van der Waals surface area contributed by atoms with Gasteiger partial charge >= 0.3 is 0 Å². The summed E-state index contributed by atoms with van der Waals surface area (Å²) in [4.78, 5) is 13.3. The largest absolute Gasteiger partial charge is 0.253 e. The van der Waals surface area contributed by atoms with E-state index < -0.39 is 80.1 Å². The van der Waals surface area contributed by atoms with Crippen molar-refractivity contribution in [2.24, 2.45) is 0 Å². The Hall–Kier alpha value is 0.635. The van der Waals surface area contributed by atoms with Gasteiger partial charge < -0.3 is 0 Å². The van der Waals surface area contributed by atoms with Gasteiger partial charge in [0.05, 0.1) is 39.6 Å². The number of hydrogen-bond acceptors (Lipinski definition) is 2. The normalized spacial score (nSPS) is 24.0. The van der Waals surface area contributed by atoms with E-state index in [4.69, 9.17) is 9.97 Å². The van der Waals surface area contributed by atoms with Gasteiger partial charge in [0.2, 0.25) is 0 Å². The monoisotopic (exact) mass is 877 g/mol. The molecule has 0 saturated carbocycles. The average molecular weight is 879 g/mol. The van der Waals surface area contributed by atoms with E-state index >= 15 is 0 Å². The molecule has 12 heteroatoms. The molecular formula is C40H83N2P2Si8+. The van der Waals surface area contributed by atoms with E-state index in [0.29, 0.717) is 21.1 Å². The highest BCUT2D eigenvalue weighted by atomic mass is 31.1. The summed E-state index contributed by atoms with van der Waals surface area (Å²) in [6.45, 7) is 64.9. The quantitative estimate of drug-likeness (QED) is 0.185. The zero-order valence-electron chi connectivity index (χ0n) is 38.6. The minimum Gasteiger partial charge on any atom is -0.253 e. The van der Waals surface area contributed by atoms with E-state index in [9.17, 15) is 0 Å². The van der Waals surface area contributed by atoms with Gasteiger partial charge in [0.1, 0.15) is 42.9 Å². The number of hydrogen-bond donors (Lipinski definition) is 0. The van der Waals surface area contributed by atoms with Crippen LogP contribution in [0.2, 0.25) is 157 Å². The SMILES string of the molecule is C[Si](C)(C)C(=[P+]1[C@H]([Si](C)(C)C)c2cccc(n2)[C@H]([Si](C)(C)C)P(C([Si](C)(C)C)[Si](C)(C)C)[C@H]([Si](C)(C)C)c2cccc(n2)[C@@H]1[Si](C)(C)C)[Si](C)(C)C. The second kappa shape index (κ2) is 15.4. The molecule has 2 nitrogen and oxygen atoms in total. The fourth-order valence-corrected chi connectivity index (χ4v) is 75.9. The summed E-state index contributed by atoms with van der Waals surface area (Å²) in [7, 11) is -14.8. The Morgan fingerprint density at radius 2 is 0.750 bits per heavy atom. The molecule has 2 aromatic heterocycles. The first-order valence-corrected chi connectivity index (χ1v) is 51.8. The standard InChI is InChI=1S/C40H83N2P2Si8/c1-45(2,3)35-31-27-25-28-33(41-31)37(47(7,8)9)44(40(51(19,20)21)52(22,23)24)38(48(10,11)12)34-30-26-29-32(42-34)36(46(4,5)6)43(35)39(49(13,14)15)50(16,17)18/h25-30,35-39H,1-24H3/q+1/t35-,36+,37+,38-,43?. The van der Waals surface area contributed by atoms with Gasteiger partial charge in [-0.05, 0) is 29.2 Å². The third-order valence-corrected chi connectivity index (χ3v) is 63.6. The number of nitrogens with zero attached hydrogens (tertiary/aromatic N) is 2. The molecule has 52 heavy (non-hydrogen) atoms. The highest BCUT2D eigenvalue weighted by Gasteiger charge is 2.58. The van der Waals surface area contributed by atoms with Crippen LogP contribution in [0.5, 0.6) is 0 Å². The van der Waals surface area contributed by atoms with Crippen molar-refractivity contribution < 1.29 is 0 Å². The summed E-state index contributed by atoms with van der Waals surface area (Å²) in [6, 6.07) is 15.1. The molecule has 294 valence electrons. The molecule has 1 aliphatic rings. The molecule has 0 spiro atoms. The lowest BCUT2D eigenvalue weighted by Gasteiger charge is -2.54. The molecule has 0 saturated heterocycles. The summed E-state index contributed by atoms with van der Waals surface area (Å²) in [6.07, 6.45) is 0. The molecule has 3 rings (SSSR count). The van der Waals surface area contributed by atoms with E-state index in [0.717, 1.165) is 4.91 Å². The smallest absolute Gasteiger partial charge is 0.142 e. The second-order valence-corrected chi connectivity index (χ2v) is 76.3. The van der Waals surface area contributed by atoms with Crippen LogP contribution in [0, 0.1) is 0 Å². The molecule has 0 radical (unpaired) electrons. The van der Waals surface area contributed by atoms with Crippen LogP contribution in [0.1, 0.15) is 43.9 Å². The van der Waals surface area contributed by atoms with Crippen LogP contribution in [0.15, 0.2) is 36.4 Å². The van der Waals surface area contributed by atoms with Crippen LogP contribution >= 0.6 is 15.5 Å². The first-order chi connectivity index (χ1) is 22.9. The summed E-state index contributed by atoms with van der Waals surface area (Å²) < 4.78 is 2.06. The predicted molar refractivity (Wildman–Crippen MR) is 269 cm³/mol. The molecule has 4 bridgehead atoms. The topological polar surface area (TPSA) is 25.8 Å². The molecule has 0 aliphatic carbocycles. The van der Waals surface area contributed by atoms with Crippen molar-refractivity contribution in [3.05, 3.63) is 59.2 Å². The molecule has 6 atom stereocenters. The van der Waals surface area contributed by atoms with Gasteiger partial charge in [-0.3, -0.25) is 9.97 Å². The van der Waals surface area contributed by atoms with Gasteiger partial charge in [-0.25, -0.2) is 0 Å². The molecular weight excluding hydrogens is 795 g/mol. The predicted octanol–water partition coefficient (Wildman–Crippen LogP) is 14.9. The van der Waals surface area contributed by atoms with Gasteiger partial charge in [-0.1, -0.05) is 177 Å². The third-order valence-electron chi connectivity index (χ3n) is 10.8. The molecule has 2 unspecified atom stereocenters. The first kappa shape index (κ1) is 47.0. The van der Waals surface area contributed by atoms with Crippen molar-refractivity contribution in [3.8, 4) is 0 Å². The zero-order valence-corrected chi connectivity index (χ0v) is 48.4. The van der Waals surface area contributed by atoms with Crippen molar-refractivity contribution >= 4 is 84.6 Å². The number of pyridine rings is 2. The lowest BCUT2D eigenvalue weighted by molar-refractivity contribution is 0.971. The highest BCUT2D eigenvalue weighted by molar-refractivity contribution is 7.77. The summed E-state index contributed by atoms with van der Waals surface area (Å²) in [5.74, 6) is 0. The Morgan fingerprint density at radius 1 is 0.462 bits per heavy atom. The fraction of sp³-hybridized carbons (Fsp3) is 0.725. The Labute approximate surface area is 334 Å². The molecule has 0 amide bonds. The van der Waals surface area contributed by atoms with Crippen molar-refractivity contribution in [3.63, 3.8) is 0 Å². The van der Waals surface area contributed by atoms with E-state index in [1.807, 2.05) is 0 Å². The van der Waals surface area contributed by atoms with Gasteiger partial charge in [0, 0.05) is 38.1 Å². The van der Waals surface area contributed by atoms with Gasteiger partial charge in [-0.15, -0.1) is 0 Å². The van der Waals surface area contributed by atoms with Crippen LogP contribution in [0.4, 0.5) is 0 Å². The van der Waals surface area contributed by atoms with Crippen molar-refractivity contribution in [1.29, 1.82) is 0 Å². The Morgan fingerprint density at radius 3 is 0.981 bits per heavy atom. The molecule has 0 aromatic carbocycles. The van der Waals surface area contributed by atoms with Crippen LogP contribution < -0.4 is 0 Å². The molecule has 0 fully saturated rings. The summed E-state index contributed by atoms with van der Waals surface area (Å²) >= 11 is 0. The first-order valence-electron chi connectivity index (χ1n) is 20.3. The Kier molecular flexibility index (Phi) is 13.9. The third kappa shape index (κ3) is 10.6. The lowest BCUT2D eigenvalue weighted by Crippen LogP contribution is -2.56. The minimum atomic E-state index is -1.81. The van der Waals surface area contributed by atoms with Crippen LogP contribution in [-0.2, 0) is 0 Å². The number of fused-ring (bicyclic) bond motifs is 4. The average Bonchev–Trinajstić information content (AvgIpc) is 2.82. The summed E-state index contributed by atoms with van der Waals surface area (Å²) in [5.41, 5.74) is 5.90. The summed E-state index contributed by atoms with van der Waals surface area (Å²) in [5, 5.41) is 2.18. The molecule has 0 N–H and O–H groups in total. The number of rotatable bonds is 9. The van der Waals surface area contributed by atoms with Crippen molar-refractivity contribution in [1.82, 2.24) is 9.97 Å². The minimum absolute atomic E-state index is 0.448. The maximum Gasteiger partial charge on any atom is 0.142 e. The second-order valence-electron chi connectivity index (χ2n) is 24.9. The maximum absolute atomic E-state index is 6.23. The van der Waals surface area contributed by atoms with E-state index in [1.54, 1.807) is 0 Å². The van der Waals surface area contributed by atoms with E-state index in [1.165, 1.54) is 22.8 Å². The fourth-order valence-electron chi connectivity index (χ4n) is 10.6. The van der Waals surface area contributed by atoms with Crippen molar-refractivity contribution in [2.45, 2.75) is 183 Å². The molecule has 2 aromatic rings. The number of aromatic nitrogens is 2. The van der Waals surface area contributed by atoms with E-state index in [-0.39, 0.29) is 0 Å². The van der Waals surface area contributed by atoms with E-state index in [2.05, 4.69) is 198 Å². The Bertz CT molecular complexity index is 1490. The molecule has 3 heterocycles. The maximum atomic E-state index is 6.23. The van der Waals surface area contributed by atoms with Gasteiger partial charge in [0.25, 0.3) is 0 Å². The highest BCUT2D eigenvalue weighted by Crippen LogP contribution is 2.72.